The highest BCUT2D eigenvalue weighted by atomic mass is 32.2. The molecule has 0 aliphatic heterocycles. The molecule has 0 rings (SSSR count). The number of carboxylic acids is 1. The summed E-state index contributed by atoms with van der Waals surface area (Å²) in [5.41, 5.74) is 5.19. The molecule has 5 heteroatoms. The minimum Gasteiger partial charge on any atom is -0.480 e. The molecular weight excluding hydrogens is 152 g/mol. The molecule has 2 atom stereocenters. The highest BCUT2D eigenvalue weighted by molar-refractivity contribution is 7.85. The summed E-state index contributed by atoms with van der Waals surface area (Å²) in [5.74, 6) is -0.404. The van der Waals surface area contributed by atoms with Crippen molar-refractivity contribution in [1.82, 2.24) is 0 Å². The summed E-state index contributed by atoms with van der Waals surface area (Å²) >= 11 is 0. The van der Waals surface area contributed by atoms with E-state index in [9.17, 15) is 4.79 Å². The van der Waals surface area contributed by atoms with E-state index in [0.717, 1.165) is 0 Å². The fourth-order valence-corrected chi connectivity index (χ4v) is 1.03. The maximum absolute atomic E-state index is 10.1. The number of nitrogens with two attached hydrogens (primary N) is 1. The van der Waals surface area contributed by atoms with Gasteiger partial charge in [-0.1, -0.05) is 0 Å². The predicted molar refractivity (Wildman–Crippen MR) is 41.1 cm³/mol. The summed E-state index contributed by atoms with van der Waals surface area (Å²) < 4.78 is 7.09. The molecule has 0 aromatic heterocycles. The van der Waals surface area contributed by atoms with Crippen LogP contribution in [0, 0.1) is 4.78 Å². The van der Waals surface area contributed by atoms with Crippen LogP contribution in [0.15, 0.2) is 0 Å². The zero-order chi connectivity index (χ0) is 8.15. The zero-order valence-corrected chi connectivity index (χ0v) is 6.65. The Morgan fingerprint density at radius 1 is 1.90 bits per heavy atom. The predicted octanol–water partition coefficient (Wildman–Crippen LogP) is -0.201. The molecule has 4 nitrogen and oxygen atoms in total. The van der Waals surface area contributed by atoms with Crippen molar-refractivity contribution in [3.05, 3.63) is 0 Å². The van der Waals surface area contributed by atoms with Gasteiger partial charge in [0.15, 0.2) is 0 Å². The number of aliphatic carboxylic acids is 1. The Morgan fingerprint density at radius 3 is 2.70 bits per heavy atom. The Kier molecular flexibility index (Phi) is 4.22. The van der Waals surface area contributed by atoms with E-state index < -0.39 is 22.7 Å². The van der Waals surface area contributed by atoms with E-state index in [4.69, 9.17) is 15.6 Å². The molecule has 0 amide bonds. The average molecular weight is 164 g/mol. The largest absolute Gasteiger partial charge is 0.480 e. The summed E-state index contributed by atoms with van der Waals surface area (Å²) in [6, 6.07) is -0.791. The molecule has 4 N–H and O–H groups in total. The Balaban J connectivity index is 3.49. The van der Waals surface area contributed by atoms with Gasteiger partial charge in [0.25, 0.3) is 0 Å². The van der Waals surface area contributed by atoms with Crippen molar-refractivity contribution in [1.29, 1.82) is 4.78 Å². The lowest BCUT2D eigenvalue weighted by Crippen LogP contribution is -2.31. The number of carbonyl (C=O) groups is 1. The van der Waals surface area contributed by atoms with Gasteiger partial charge in [-0.2, -0.15) is 0 Å². The van der Waals surface area contributed by atoms with Gasteiger partial charge in [-0.3, -0.25) is 9.57 Å². The van der Waals surface area contributed by atoms with Crippen LogP contribution in [-0.2, 0) is 15.5 Å². The van der Waals surface area contributed by atoms with Crippen LogP contribution in [-0.4, -0.2) is 29.1 Å². The van der Waals surface area contributed by atoms with E-state index >= 15 is 0 Å². The fraction of sp³-hybridized carbons (Fsp3) is 0.800. The molecule has 0 saturated heterocycles. The number of hydrogen-bond donors (Lipinski definition) is 3. The maximum Gasteiger partial charge on any atom is 0.320 e. The highest BCUT2D eigenvalue weighted by Crippen LogP contribution is 1.90. The Labute approximate surface area is 62.3 Å². The summed E-state index contributed by atoms with van der Waals surface area (Å²) in [4.78, 5) is 10.1. The van der Waals surface area contributed by atoms with Crippen molar-refractivity contribution in [2.75, 3.05) is 12.0 Å². The van der Waals surface area contributed by atoms with Crippen LogP contribution in [0.2, 0.25) is 0 Å². The molecule has 2 unspecified atom stereocenters. The lowest BCUT2D eigenvalue weighted by atomic mass is 10.2. The van der Waals surface area contributed by atoms with Crippen molar-refractivity contribution in [2.24, 2.45) is 5.73 Å². The molecular formula is C5H12N2O2S. The summed E-state index contributed by atoms with van der Waals surface area (Å²) in [7, 11) is -0.446. The average Bonchev–Trinajstić information content (AvgIpc) is 1.82. The van der Waals surface area contributed by atoms with Crippen LogP contribution >= 0.6 is 0 Å². The second kappa shape index (κ2) is 4.40. The first-order valence-corrected chi connectivity index (χ1v) is 4.66. The molecule has 0 heterocycles. The normalized spacial score (nSPS) is 16.2. The molecule has 0 aliphatic rings. The molecule has 0 radical (unpaired) electrons. The smallest absolute Gasteiger partial charge is 0.320 e. The van der Waals surface area contributed by atoms with Gasteiger partial charge in [0.1, 0.15) is 6.04 Å². The second-order valence-electron chi connectivity index (χ2n) is 2.07. The first kappa shape index (κ1) is 9.58. The van der Waals surface area contributed by atoms with Crippen molar-refractivity contribution < 1.29 is 9.90 Å². The van der Waals surface area contributed by atoms with E-state index in [1.807, 2.05) is 0 Å². The van der Waals surface area contributed by atoms with Crippen molar-refractivity contribution >= 4 is 16.7 Å². The van der Waals surface area contributed by atoms with Crippen LogP contribution < -0.4 is 5.73 Å². The number of carboxylic acid groups (broad SMARTS) is 1. The molecule has 0 aromatic carbocycles. The quantitative estimate of drug-likeness (QED) is 0.537. The van der Waals surface area contributed by atoms with E-state index in [1.54, 1.807) is 6.26 Å². The van der Waals surface area contributed by atoms with Gasteiger partial charge in [0.2, 0.25) is 0 Å². The number of nitrogens with one attached hydrogen (secondary N) is 1. The molecule has 0 fully saturated rings. The third-order valence-electron chi connectivity index (χ3n) is 1.05. The van der Waals surface area contributed by atoms with Crippen molar-refractivity contribution in [3.63, 3.8) is 0 Å². The monoisotopic (exact) mass is 164 g/mol. The third-order valence-corrected chi connectivity index (χ3v) is 1.90. The van der Waals surface area contributed by atoms with E-state index in [2.05, 4.69) is 0 Å². The minimum atomic E-state index is -0.981. The first-order valence-electron chi connectivity index (χ1n) is 2.86. The lowest BCUT2D eigenvalue weighted by molar-refractivity contribution is -0.138. The molecule has 0 aliphatic carbocycles. The zero-order valence-electron chi connectivity index (χ0n) is 5.83. The molecule has 10 heavy (non-hydrogen) atoms. The Hall–Kier alpha value is -0.420. The summed E-state index contributed by atoms with van der Waals surface area (Å²) in [6.45, 7) is 0. The standard InChI is InChI=1S/C5H12N2O2S/c1-10(7)3-2-4(6)5(8)9/h4,7H,2-3,6H2,1H3,(H,8,9). The van der Waals surface area contributed by atoms with Gasteiger partial charge < -0.3 is 10.8 Å². The van der Waals surface area contributed by atoms with Gasteiger partial charge in [-0.05, 0) is 12.7 Å². The lowest BCUT2D eigenvalue weighted by Gasteiger charge is -2.03. The fourth-order valence-electron chi connectivity index (χ4n) is 0.427. The SMILES string of the molecule is CS(=N)CCC(N)C(=O)O. The Morgan fingerprint density at radius 2 is 2.40 bits per heavy atom. The number of hydrogen-bond acceptors (Lipinski definition) is 3. The van der Waals surface area contributed by atoms with E-state index in [0.29, 0.717) is 12.2 Å². The topological polar surface area (TPSA) is 87.2 Å². The maximum atomic E-state index is 10.1. The Bertz CT molecular complexity index is 149. The summed E-state index contributed by atoms with van der Waals surface area (Å²) in [5, 5.41) is 8.31. The van der Waals surface area contributed by atoms with Gasteiger partial charge in [-0.25, -0.2) is 0 Å². The second-order valence-corrected chi connectivity index (χ2v) is 3.76. The van der Waals surface area contributed by atoms with Gasteiger partial charge in [0.05, 0.1) is 0 Å². The van der Waals surface area contributed by atoms with E-state index in [-0.39, 0.29) is 0 Å². The third kappa shape index (κ3) is 4.46. The van der Waals surface area contributed by atoms with Gasteiger partial charge in [0, 0.05) is 5.75 Å². The number of rotatable bonds is 4. The van der Waals surface area contributed by atoms with Crippen LogP contribution in [0.25, 0.3) is 0 Å². The van der Waals surface area contributed by atoms with Crippen LogP contribution in [0.3, 0.4) is 0 Å². The molecule has 0 bridgehead atoms. The highest BCUT2D eigenvalue weighted by Gasteiger charge is 2.09. The van der Waals surface area contributed by atoms with Gasteiger partial charge >= 0.3 is 5.97 Å². The summed E-state index contributed by atoms with van der Waals surface area (Å²) in [6.07, 6.45) is 2.15. The van der Waals surface area contributed by atoms with Crippen LogP contribution in [0.4, 0.5) is 0 Å². The molecule has 0 spiro atoms. The molecule has 0 saturated carbocycles. The minimum absolute atomic E-state index is 0.401. The van der Waals surface area contributed by atoms with Crippen molar-refractivity contribution in [3.8, 4) is 0 Å². The van der Waals surface area contributed by atoms with Crippen LogP contribution in [0.1, 0.15) is 6.42 Å². The van der Waals surface area contributed by atoms with E-state index in [1.165, 1.54) is 0 Å². The molecule has 60 valence electrons. The van der Waals surface area contributed by atoms with Gasteiger partial charge in [-0.15, -0.1) is 10.7 Å². The van der Waals surface area contributed by atoms with Crippen LogP contribution in [0.5, 0.6) is 0 Å². The van der Waals surface area contributed by atoms with Crippen molar-refractivity contribution in [2.45, 2.75) is 12.5 Å². The first-order chi connectivity index (χ1) is 4.54. The molecule has 0 aromatic rings.